The van der Waals surface area contributed by atoms with E-state index in [1.165, 1.54) is 0 Å². The predicted molar refractivity (Wildman–Crippen MR) is 140 cm³/mol. The van der Waals surface area contributed by atoms with Crippen molar-refractivity contribution in [2.45, 2.75) is 45.9 Å². The number of ether oxygens (including phenoxy) is 2. The zero-order valence-electron chi connectivity index (χ0n) is 22.0. The molecule has 1 aliphatic heterocycles. The van der Waals surface area contributed by atoms with E-state index >= 15 is 0 Å². The Bertz CT molecular complexity index is 1000. The molecular weight excluding hydrogens is 458 g/mol. The van der Waals surface area contributed by atoms with Gasteiger partial charge in [0.05, 0.1) is 11.7 Å². The third kappa shape index (κ3) is 7.41. The lowest BCUT2D eigenvalue weighted by Crippen LogP contribution is -2.46. The molecule has 1 aromatic carbocycles. The summed E-state index contributed by atoms with van der Waals surface area (Å²) in [5.74, 6) is 0.470. The minimum Gasteiger partial charge on any atom is -0.491 e. The van der Waals surface area contributed by atoms with E-state index in [2.05, 4.69) is 40.4 Å². The van der Waals surface area contributed by atoms with Gasteiger partial charge in [-0.05, 0) is 49.1 Å². The highest BCUT2D eigenvalue weighted by Crippen LogP contribution is 2.26. The highest BCUT2D eigenvalue weighted by molar-refractivity contribution is 5.99. The number of carbonyl (C=O) groups excluding carboxylic acids is 2. The molecule has 3 atom stereocenters. The molecule has 0 bridgehead atoms. The minimum atomic E-state index is -0.306. The number of benzene rings is 1. The molecule has 9 heteroatoms. The first kappa shape index (κ1) is 27.4. The molecule has 1 aliphatic rings. The van der Waals surface area contributed by atoms with Crippen LogP contribution in [0.1, 0.15) is 43.1 Å². The Morgan fingerprint density at radius 1 is 1.25 bits per heavy atom. The Hall–Kier alpha value is -3.17. The molecule has 0 saturated carbocycles. The molecule has 0 saturated heterocycles. The van der Waals surface area contributed by atoms with Crippen LogP contribution < -0.4 is 15.4 Å². The summed E-state index contributed by atoms with van der Waals surface area (Å²) in [4.78, 5) is 33.9. The molecular formula is C27H39N5O4. The van der Waals surface area contributed by atoms with E-state index in [1.54, 1.807) is 43.5 Å². The number of anilines is 1. The number of methoxy groups -OCH3 is 1. The first-order valence-electron chi connectivity index (χ1n) is 12.5. The van der Waals surface area contributed by atoms with Crippen LogP contribution in [0, 0.1) is 5.92 Å². The van der Waals surface area contributed by atoms with E-state index in [9.17, 15) is 9.59 Å². The second kappa shape index (κ2) is 13.2. The highest BCUT2D eigenvalue weighted by atomic mass is 16.5. The third-order valence-corrected chi connectivity index (χ3v) is 6.48. The summed E-state index contributed by atoms with van der Waals surface area (Å²) >= 11 is 0. The average Bonchev–Trinajstić information content (AvgIpc) is 2.88. The topological polar surface area (TPSA) is 96.0 Å². The number of nitrogens with zero attached hydrogens (tertiary/aromatic N) is 3. The lowest BCUT2D eigenvalue weighted by molar-refractivity contribution is 0.00920. The molecule has 0 radical (unpaired) electrons. The average molecular weight is 498 g/mol. The Labute approximate surface area is 214 Å². The first-order valence-corrected chi connectivity index (χ1v) is 12.5. The van der Waals surface area contributed by atoms with Crippen molar-refractivity contribution in [1.82, 2.24) is 20.1 Å². The summed E-state index contributed by atoms with van der Waals surface area (Å²) < 4.78 is 12.0. The number of nitrogens with one attached hydrogen (secondary N) is 2. The largest absolute Gasteiger partial charge is 0.491 e. The maximum atomic E-state index is 13.5. The Balaban J connectivity index is 1.89. The van der Waals surface area contributed by atoms with Gasteiger partial charge < -0.3 is 25.0 Å². The fourth-order valence-electron chi connectivity index (χ4n) is 4.29. The lowest BCUT2D eigenvalue weighted by atomic mass is 10.0. The van der Waals surface area contributed by atoms with E-state index in [4.69, 9.17) is 9.47 Å². The zero-order valence-corrected chi connectivity index (χ0v) is 22.0. The van der Waals surface area contributed by atoms with Crippen LogP contribution in [0.15, 0.2) is 42.7 Å². The van der Waals surface area contributed by atoms with E-state index in [1.807, 2.05) is 19.2 Å². The van der Waals surface area contributed by atoms with Gasteiger partial charge in [0.2, 0.25) is 0 Å². The molecule has 9 nitrogen and oxygen atoms in total. The summed E-state index contributed by atoms with van der Waals surface area (Å²) in [5, 5.41) is 5.59. The van der Waals surface area contributed by atoms with Crippen LogP contribution in [0.3, 0.4) is 0 Å². The van der Waals surface area contributed by atoms with Crippen molar-refractivity contribution in [3.63, 3.8) is 0 Å². The van der Waals surface area contributed by atoms with Gasteiger partial charge >= 0.3 is 6.03 Å². The maximum Gasteiger partial charge on any atom is 0.319 e. The summed E-state index contributed by atoms with van der Waals surface area (Å²) in [6.07, 6.45) is 4.35. The van der Waals surface area contributed by atoms with Gasteiger partial charge in [-0.25, -0.2) is 4.79 Å². The van der Waals surface area contributed by atoms with Crippen LogP contribution in [0.5, 0.6) is 5.75 Å². The first-order chi connectivity index (χ1) is 17.3. The van der Waals surface area contributed by atoms with Crippen LogP contribution in [0.4, 0.5) is 10.5 Å². The van der Waals surface area contributed by atoms with Crippen LogP contribution in [0.25, 0.3) is 0 Å². The molecule has 0 fully saturated rings. The predicted octanol–water partition coefficient (Wildman–Crippen LogP) is 3.62. The number of hydrogen-bond donors (Lipinski definition) is 2. The molecule has 2 N–H and O–H groups in total. The van der Waals surface area contributed by atoms with Crippen LogP contribution in [-0.2, 0) is 11.3 Å². The smallest absolute Gasteiger partial charge is 0.319 e. The van der Waals surface area contributed by atoms with Crippen LogP contribution in [0.2, 0.25) is 0 Å². The van der Waals surface area contributed by atoms with Crippen molar-refractivity contribution in [2.75, 3.05) is 45.7 Å². The van der Waals surface area contributed by atoms with Gasteiger partial charge in [-0.2, -0.15) is 0 Å². The van der Waals surface area contributed by atoms with Crippen molar-refractivity contribution in [3.05, 3.63) is 53.9 Å². The number of pyridine rings is 1. The quantitative estimate of drug-likeness (QED) is 0.633. The summed E-state index contributed by atoms with van der Waals surface area (Å²) in [5.41, 5.74) is 2.06. The van der Waals surface area contributed by atoms with Crippen molar-refractivity contribution in [2.24, 2.45) is 5.92 Å². The van der Waals surface area contributed by atoms with Gasteiger partial charge in [-0.1, -0.05) is 19.9 Å². The second-order valence-electron chi connectivity index (χ2n) is 9.48. The third-order valence-electron chi connectivity index (χ3n) is 6.48. The summed E-state index contributed by atoms with van der Waals surface area (Å²) in [7, 11) is 3.45. The number of likely N-dealkylation sites (N-methyl/N-ethyl adjacent to an activating group) is 1. The molecule has 196 valence electrons. The van der Waals surface area contributed by atoms with Crippen LogP contribution >= 0.6 is 0 Å². The molecule has 0 spiro atoms. The SMILES string of the molecule is CCCNC(=O)Nc1ccc2c(c1)C(=O)N(C)C[C@@H](OC)[C@@H](C)CN(Cc1cccnc1)[C@@H](C)CO2. The number of fused-ring (bicyclic) bond motifs is 1. The van der Waals surface area contributed by atoms with Gasteiger partial charge in [0.15, 0.2) is 0 Å². The number of amides is 3. The van der Waals surface area contributed by atoms with Crippen molar-refractivity contribution in [3.8, 4) is 5.75 Å². The van der Waals surface area contributed by atoms with Crippen molar-refractivity contribution < 1.29 is 19.1 Å². The van der Waals surface area contributed by atoms with E-state index < -0.39 is 0 Å². The van der Waals surface area contributed by atoms with Gasteiger partial charge in [-0.3, -0.25) is 14.7 Å². The summed E-state index contributed by atoms with van der Waals surface area (Å²) in [6, 6.07) is 8.96. The molecule has 2 heterocycles. The fourth-order valence-corrected chi connectivity index (χ4v) is 4.29. The molecule has 0 aliphatic carbocycles. The van der Waals surface area contributed by atoms with E-state index in [0.717, 1.165) is 25.1 Å². The van der Waals surface area contributed by atoms with E-state index in [0.29, 0.717) is 36.7 Å². The molecule has 2 aromatic rings. The van der Waals surface area contributed by atoms with E-state index in [-0.39, 0.29) is 30.0 Å². The Kier molecular flexibility index (Phi) is 10.1. The lowest BCUT2D eigenvalue weighted by Gasteiger charge is -2.36. The van der Waals surface area contributed by atoms with Crippen LogP contribution in [-0.4, -0.2) is 79.3 Å². The summed E-state index contributed by atoms with van der Waals surface area (Å²) in [6.45, 7) is 9.18. The molecule has 1 aromatic heterocycles. The van der Waals surface area contributed by atoms with Crippen molar-refractivity contribution >= 4 is 17.6 Å². The number of urea groups is 1. The van der Waals surface area contributed by atoms with Gasteiger partial charge in [0, 0.05) is 64.5 Å². The number of carbonyl (C=O) groups is 2. The second-order valence-corrected chi connectivity index (χ2v) is 9.48. The monoisotopic (exact) mass is 497 g/mol. The normalized spacial score (nSPS) is 21.5. The van der Waals surface area contributed by atoms with Gasteiger partial charge in [0.1, 0.15) is 12.4 Å². The zero-order chi connectivity index (χ0) is 26.1. The van der Waals surface area contributed by atoms with Gasteiger partial charge in [-0.15, -0.1) is 0 Å². The molecule has 3 amide bonds. The Morgan fingerprint density at radius 2 is 2.06 bits per heavy atom. The number of hydrogen-bond acceptors (Lipinski definition) is 6. The number of rotatable bonds is 6. The molecule has 3 rings (SSSR count). The Morgan fingerprint density at radius 3 is 2.75 bits per heavy atom. The maximum absolute atomic E-state index is 13.5. The number of aromatic nitrogens is 1. The molecule has 36 heavy (non-hydrogen) atoms. The molecule has 0 unspecified atom stereocenters. The standard InChI is InChI=1S/C27H39N5O4/c1-6-11-29-27(34)30-22-9-10-24-23(13-22)26(33)31(4)17-25(35-5)19(2)15-32(20(3)18-36-24)16-21-8-7-12-28-14-21/h7-10,12-14,19-20,25H,6,11,15-18H2,1-5H3,(H2,29,30,34)/t19-,20-,25+/m0/s1. The van der Waals surface area contributed by atoms with Crippen molar-refractivity contribution in [1.29, 1.82) is 0 Å². The fraction of sp³-hybridized carbons (Fsp3) is 0.519. The van der Waals surface area contributed by atoms with Gasteiger partial charge in [0.25, 0.3) is 5.91 Å². The highest BCUT2D eigenvalue weighted by Gasteiger charge is 2.28. The minimum absolute atomic E-state index is 0.0721.